The maximum atomic E-state index is 4.70. The second-order valence-corrected chi connectivity index (χ2v) is 6.37. The van der Waals surface area contributed by atoms with Crippen LogP contribution in [-0.4, -0.2) is 39.7 Å². The number of aromatic nitrogens is 4. The van der Waals surface area contributed by atoms with Gasteiger partial charge in [0.1, 0.15) is 5.82 Å². The Morgan fingerprint density at radius 3 is 2.55 bits per heavy atom. The van der Waals surface area contributed by atoms with Gasteiger partial charge in [-0.25, -0.2) is 0 Å². The van der Waals surface area contributed by atoms with E-state index in [0.717, 1.165) is 13.1 Å². The van der Waals surface area contributed by atoms with Crippen molar-refractivity contribution in [3.63, 3.8) is 0 Å². The van der Waals surface area contributed by atoms with Crippen LogP contribution in [-0.2, 0) is 20.1 Å². The molecule has 2 heterocycles. The van der Waals surface area contributed by atoms with Crippen LogP contribution in [0.25, 0.3) is 0 Å². The molecule has 0 bridgehead atoms. The average Bonchev–Trinajstić information content (AvgIpc) is 3.03. The lowest BCUT2D eigenvalue weighted by Crippen LogP contribution is -2.31. The fourth-order valence-corrected chi connectivity index (χ4v) is 2.80. The zero-order chi connectivity index (χ0) is 16.3. The summed E-state index contributed by atoms with van der Waals surface area (Å²) < 4.78 is 3.93. The summed E-state index contributed by atoms with van der Waals surface area (Å²) in [7, 11) is 6.15. The number of rotatable bonds is 7. The first-order valence-corrected chi connectivity index (χ1v) is 7.84. The van der Waals surface area contributed by atoms with Crippen molar-refractivity contribution >= 4 is 5.82 Å². The Kier molecular flexibility index (Phi) is 5.24. The molecule has 0 spiro atoms. The van der Waals surface area contributed by atoms with E-state index >= 15 is 0 Å². The van der Waals surface area contributed by atoms with Gasteiger partial charge in [0.15, 0.2) is 0 Å². The van der Waals surface area contributed by atoms with Gasteiger partial charge in [0.2, 0.25) is 0 Å². The fraction of sp³-hybridized carbons (Fsp3) is 0.625. The van der Waals surface area contributed by atoms with E-state index in [2.05, 4.69) is 50.2 Å². The maximum absolute atomic E-state index is 4.70. The Hall–Kier alpha value is -1.82. The number of anilines is 1. The highest BCUT2D eigenvalue weighted by atomic mass is 15.4. The van der Waals surface area contributed by atoms with Crippen molar-refractivity contribution < 1.29 is 0 Å². The molecule has 22 heavy (non-hydrogen) atoms. The molecule has 2 aromatic heterocycles. The fourth-order valence-electron chi connectivity index (χ4n) is 2.80. The molecule has 0 aromatic carbocycles. The molecular weight excluding hydrogens is 276 g/mol. The first kappa shape index (κ1) is 16.5. The van der Waals surface area contributed by atoms with Crippen LogP contribution in [0.15, 0.2) is 18.5 Å². The molecular formula is C16H28N6. The van der Waals surface area contributed by atoms with E-state index < -0.39 is 0 Å². The molecule has 2 aromatic rings. The van der Waals surface area contributed by atoms with Crippen LogP contribution in [0.1, 0.15) is 37.9 Å². The first-order valence-electron chi connectivity index (χ1n) is 7.84. The van der Waals surface area contributed by atoms with E-state index in [-0.39, 0.29) is 0 Å². The van der Waals surface area contributed by atoms with Crippen LogP contribution in [0.2, 0.25) is 0 Å². The third kappa shape index (κ3) is 3.68. The second kappa shape index (κ2) is 6.96. The maximum Gasteiger partial charge on any atom is 0.130 e. The van der Waals surface area contributed by atoms with Gasteiger partial charge in [0.25, 0.3) is 0 Å². The summed E-state index contributed by atoms with van der Waals surface area (Å²) in [4.78, 5) is 2.13. The molecule has 1 atom stereocenters. The average molecular weight is 304 g/mol. The number of hydrogen-bond acceptors (Lipinski definition) is 4. The molecule has 6 nitrogen and oxygen atoms in total. The molecule has 122 valence electrons. The molecule has 0 radical (unpaired) electrons. The summed E-state index contributed by atoms with van der Waals surface area (Å²) >= 11 is 0. The molecule has 1 N–H and O–H groups in total. The molecule has 0 aliphatic carbocycles. The summed E-state index contributed by atoms with van der Waals surface area (Å²) in [6.45, 7) is 8.25. The van der Waals surface area contributed by atoms with Crippen molar-refractivity contribution in [2.45, 2.75) is 45.8 Å². The largest absolute Gasteiger partial charge is 0.363 e. The van der Waals surface area contributed by atoms with E-state index in [9.17, 15) is 0 Å². The minimum absolute atomic E-state index is 0.343. The Morgan fingerprint density at radius 1 is 1.27 bits per heavy atom. The SMILES string of the molecule is CC(Cn1cccn1)NCc1c(C(C)C)nn(C)c1N(C)C. The molecule has 0 fully saturated rings. The number of nitrogens with zero attached hydrogens (tertiary/aromatic N) is 5. The predicted molar refractivity (Wildman–Crippen MR) is 90.2 cm³/mol. The van der Waals surface area contributed by atoms with Gasteiger partial charge in [0.05, 0.1) is 12.2 Å². The molecule has 0 saturated carbocycles. The monoisotopic (exact) mass is 304 g/mol. The van der Waals surface area contributed by atoms with E-state index in [1.54, 1.807) is 0 Å². The van der Waals surface area contributed by atoms with Crippen LogP contribution in [0.4, 0.5) is 5.82 Å². The third-order valence-corrected chi connectivity index (χ3v) is 3.76. The summed E-state index contributed by atoms with van der Waals surface area (Å²) in [6.07, 6.45) is 3.81. The van der Waals surface area contributed by atoms with Gasteiger partial charge in [-0.2, -0.15) is 10.2 Å². The Bertz CT molecular complexity index is 582. The summed E-state index contributed by atoms with van der Waals surface area (Å²) in [6, 6.07) is 2.30. The van der Waals surface area contributed by atoms with Crippen molar-refractivity contribution in [2.24, 2.45) is 7.05 Å². The predicted octanol–water partition coefficient (Wildman–Crippen LogP) is 1.98. The molecule has 6 heteroatoms. The summed E-state index contributed by atoms with van der Waals surface area (Å²) in [5.41, 5.74) is 2.46. The van der Waals surface area contributed by atoms with Gasteiger partial charge < -0.3 is 10.2 Å². The third-order valence-electron chi connectivity index (χ3n) is 3.76. The van der Waals surface area contributed by atoms with Crippen LogP contribution < -0.4 is 10.2 Å². The van der Waals surface area contributed by atoms with Crippen molar-refractivity contribution in [3.8, 4) is 0 Å². The Morgan fingerprint density at radius 2 is 2.00 bits per heavy atom. The number of aryl methyl sites for hydroxylation is 1. The van der Waals surface area contributed by atoms with Crippen molar-refractivity contribution in [1.29, 1.82) is 0 Å². The minimum atomic E-state index is 0.343. The van der Waals surface area contributed by atoms with Crippen LogP contribution in [0.5, 0.6) is 0 Å². The highest BCUT2D eigenvalue weighted by Gasteiger charge is 2.20. The Balaban J connectivity index is 2.10. The molecule has 2 rings (SSSR count). The van der Waals surface area contributed by atoms with Crippen LogP contribution in [0.3, 0.4) is 0 Å². The van der Waals surface area contributed by atoms with Crippen molar-refractivity contribution in [2.75, 3.05) is 19.0 Å². The van der Waals surface area contributed by atoms with E-state index in [4.69, 9.17) is 5.10 Å². The quantitative estimate of drug-likeness (QED) is 0.850. The van der Waals surface area contributed by atoms with E-state index in [1.165, 1.54) is 17.1 Å². The van der Waals surface area contributed by atoms with Gasteiger partial charge in [0, 0.05) is 51.7 Å². The van der Waals surface area contributed by atoms with Gasteiger partial charge >= 0.3 is 0 Å². The topological polar surface area (TPSA) is 50.9 Å². The molecule has 0 aliphatic heterocycles. The summed E-state index contributed by atoms with van der Waals surface area (Å²) in [5.74, 6) is 1.58. The first-order chi connectivity index (χ1) is 10.4. The lowest BCUT2D eigenvalue weighted by Gasteiger charge is -2.19. The lowest BCUT2D eigenvalue weighted by molar-refractivity contribution is 0.450. The molecule has 1 unspecified atom stereocenters. The zero-order valence-electron chi connectivity index (χ0n) is 14.5. The smallest absolute Gasteiger partial charge is 0.130 e. The lowest BCUT2D eigenvalue weighted by atomic mass is 10.1. The van der Waals surface area contributed by atoms with Gasteiger partial charge in [-0.1, -0.05) is 13.8 Å². The van der Waals surface area contributed by atoms with Gasteiger partial charge in [-0.3, -0.25) is 9.36 Å². The van der Waals surface area contributed by atoms with Crippen LogP contribution >= 0.6 is 0 Å². The molecule has 0 saturated heterocycles. The highest BCUT2D eigenvalue weighted by Crippen LogP contribution is 2.27. The number of nitrogens with one attached hydrogen (secondary N) is 1. The number of hydrogen-bond donors (Lipinski definition) is 1. The highest BCUT2D eigenvalue weighted by molar-refractivity contribution is 5.50. The minimum Gasteiger partial charge on any atom is -0.363 e. The van der Waals surface area contributed by atoms with E-state index in [0.29, 0.717) is 12.0 Å². The van der Waals surface area contributed by atoms with E-state index in [1.807, 2.05) is 34.9 Å². The van der Waals surface area contributed by atoms with Crippen molar-refractivity contribution in [1.82, 2.24) is 24.9 Å². The van der Waals surface area contributed by atoms with Crippen molar-refractivity contribution in [3.05, 3.63) is 29.7 Å². The zero-order valence-corrected chi connectivity index (χ0v) is 14.5. The van der Waals surface area contributed by atoms with Gasteiger partial charge in [-0.05, 0) is 18.9 Å². The van der Waals surface area contributed by atoms with Crippen LogP contribution in [0, 0.1) is 0 Å². The summed E-state index contributed by atoms with van der Waals surface area (Å²) in [5, 5.41) is 12.6. The second-order valence-electron chi connectivity index (χ2n) is 6.37. The molecule has 0 aliphatic rings. The normalized spacial score (nSPS) is 12.9. The standard InChI is InChI=1S/C16H28N6/c1-12(2)15-14(16(20(4)5)21(6)19-15)10-17-13(3)11-22-9-7-8-18-22/h7-9,12-13,17H,10-11H2,1-6H3. The molecule has 0 amide bonds. The Labute approximate surface area is 133 Å². The van der Waals surface area contributed by atoms with Gasteiger partial charge in [-0.15, -0.1) is 0 Å².